The van der Waals surface area contributed by atoms with E-state index < -0.39 is 4.92 Å². The summed E-state index contributed by atoms with van der Waals surface area (Å²) in [4.78, 5) is 38.7. The first kappa shape index (κ1) is 18.3. The molecular formula is C18H24N4O4. The van der Waals surface area contributed by atoms with Gasteiger partial charge in [-0.25, -0.2) is 0 Å². The molecule has 1 aliphatic heterocycles. The van der Waals surface area contributed by atoms with Gasteiger partial charge in [0.25, 0.3) is 5.69 Å². The largest absolute Gasteiger partial charge is 0.352 e. The van der Waals surface area contributed by atoms with Crippen LogP contribution in [-0.2, 0) is 16.0 Å². The Kier molecular flexibility index (Phi) is 5.51. The molecule has 0 radical (unpaired) electrons. The van der Waals surface area contributed by atoms with Gasteiger partial charge in [0.05, 0.1) is 17.4 Å². The quantitative estimate of drug-likeness (QED) is 0.602. The van der Waals surface area contributed by atoms with Crippen molar-refractivity contribution in [2.45, 2.75) is 38.3 Å². The summed E-state index contributed by atoms with van der Waals surface area (Å²) in [5, 5.41) is 13.7. The molecule has 2 amide bonds. The summed E-state index contributed by atoms with van der Waals surface area (Å²) in [6, 6.07) is 6.26. The van der Waals surface area contributed by atoms with E-state index in [1.165, 1.54) is 12.1 Å². The normalized spacial score (nSPS) is 19.0. The number of hydrogen-bond donors (Lipinski definition) is 1. The van der Waals surface area contributed by atoms with Gasteiger partial charge in [-0.3, -0.25) is 24.6 Å². The van der Waals surface area contributed by atoms with Crippen LogP contribution in [0, 0.1) is 10.1 Å². The number of rotatable bonds is 6. The maximum absolute atomic E-state index is 12.4. The summed E-state index contributed by atoms with van der Waals surface area (Å²) >= 11 is 0. The lowest BCUT2D eigenvalue weighted by Crippen LogP contribution is -2.55. The molecule has 0 bridgehead atoms. The molecule has 2 aliphatic rings. The fourth-order valence-corrected chi connectivity index (χ4v) is 3.10. The smallest absolute Gasteiger partial charge is 0.269 e. The third kappa shape index (κ3) is 4.57. The Morgan fingerprint density at radius 1 is 1.19 bits per heavy atom. The van der Waals surface area contributed by atoms with Crippen molar-refractivity contribution in [3.63, 3.8) is 0 Å². The van der Waals surface area contributed by atoms with Crippen molar-refractivity contribution < 1.29 is 14.5 Å². The summed E-state index contributed by atoms with van der Waals surface area (Å²) in [5.41, 5.74) is 0.786. The summed E-state index contributed by atoms with van der Waals surface area (Å²) in [5.74, 6) is 0.0757. The molecule has 140 valence electrons. The molecule has 1 heterocycles. The standard InChI is InChI=1S/C18H24N4O4/c1-13(18(24)19-15-4-5-15)20-8-10-21(11-9-20)17(23)12-14-2-6-16(7-3-14)22(25)26/h2-3,6-7,13,15H,4-5,8-12H2,1H3,(H,19,24). The summed E-state index contributed by atoms with van der Waals surface area (Å²) in [6.45, 7) is 4.43. The van der Waals surface area contributed by atoms with Crippen LogP contribution in [0.4, 0.5) is 5.69 Å². The van der Waals surface area contributed by atoms with Crippen molar-refractivity contribution in [3.8, 4) is 0 Å². The average molecular weight is 360 g/mol. The Labute approximate surface area is 152 Å². The topological polar surface area (TPSA) is 95.8 Å². The number of carbonyl (C=O) groups excluding carboxylic acids is 2. The van der Waals surface area contributed by atoms with Gasteiger partial charge >= 0.3 is 0 Å². The highest BCUT2D eigenvalue weighted by atomic mass is 16.6. The number of nitro benzene ring substituents is 1. The van der Waals surface area contributed by atoms with Crippen molar-refractivity contribution in [2.24, 2.45) is 0 Å². The van der Waals surface area contributed by atoms with Crippen LogP contribution < -0.4 is 5.32 Å². The summed E-state index contributed by atoms with van der Waals surface area (Å²) in [6.07, 6.45) is 2.38. The van der Waals surface area contributed by atoms with E-state index in [9.17, 15) is 19.7 Å². The molecule has 1 saturated heterocycles. The number of benzene rings is 1. The second-order valence-electron chi connectivity index (χ2n) is 6.98. The highest BCUT2D eigenvalue weighted by molar-refractivity contribution is 5.82. The van der Waals surface area contributed by atoms with Gasteiger partial charge in [0.2, 0.25) is 11.8 Å². The molecule has 1 aliphatic carbocycles. The van der Waals surface area contributed by atoms with Gasteiger partial charge < -0.3 is 10.2 Å². The molecule has 1 N–H and O–H groups in total. The molecule has 8 nitrogen and oxygen atoms in total. The number of amides is 2. The Balaban J connectivity index is 1.46. The molecule has 0 aromatic heterocycles. The zero-order valence-electron chi connectivity index (χ0n) is 14.9. The van der Waals surface area contributed by atoms with E-state index in [1.807, 2.05) is 6.92 Å². The average Bonchev–Trinajstić information content (AvgIpc) is 3.45. The maximum Gasteiger partial charge on any atom is 0.269 e. The van der Waals surface area contributed by atoms with Crippen LogP contribution in [0.25, 0.3) is 0 Å². The van der Waals surface area contributed by atoms with E-state index in [1.54, 1.807) is 17.0 Å². The Morgan fingerprint density at radius 2 is 1.81 bits per heavy atom. The third-order valence-corrected chi connectivity index (χ3v) is 5.02. The molecule has 26 heavy (non-hydrogen) atoms. The maximum atomic E-state index is 12.4. The first-order valence-corrected chi connectivity index (χ1v) is 8.99. The highest BCUT2D eigenvalue weighted by Gasteiger charge is 2.30. The van der Waals surface area contributed by atoms with Crippen molar-refractivity contribution in [1.82, 2.24) is 15.1 Å². The summed E-state index contributed by atoms with van der Waals surface area (Å²) in [7, 11) is 0. The van der Waals surface area contributed by atoms with Gasteiger partial charge in [-0.05, 0) is 25.3 Å². The zero-order valence-corrected chi connectivity index (χ0v) is 14.9. The van der Waals surface area contributed by atoms with E-state index >= 15 is 0 Å². The van der Waals surface area contributed by atoms with Gasteiger partial charge in [0.1, 0.15) is 0 Å². The van der Waals surface area contributed by atoms with E-state index in [2.05, 4.69) is 10.2 Å². The lowest BCUT2D eigenvalue weighted by Gasteiger charge is -2.37. The number of non-ortho nitro benzene ring substituents is 1. The Bertz CT molecular complexity index is 679. The number of hydrogen-bond acceptors (Lipinski definition) is 5. The van der Waals surface area contributed by atoms with Crippen LogP contribution in [0.1, 0.15) is 25.3 Å². The number of nitrogens with one attached hydrogen (secondary N) is 1. The van der Waals surface area contributed by atoms with E-state index in [-0.39, 0.29) is 30.0 Å². The molecule has 1 saturated carbocycles. The fraction of sp³-hybridized carbons (Fsp3) is 0.556. The van der Waals surface area contributed by atoms with Crippen molar-refractivity contribution >= 4 is 17.5 Å². The lowest BCUT2D eigenvalue weighted by atomic mass is 10.1. The van der Waals surface area contributed by atoms with Crippen molar-refractivity contribution in [1.29, 1.82) is 0 Å². The lowest BCUT2D eigenvalue weighted by molar-refractivity contribution is -0.384. The molecule has 1 aromatic carbocycles. The minimum atomic E-state index is -0.453. The monoisotopic (exact) mass is 360 g/mol. The highest BCUT2D eigenvalue weighted by Crippen LogP contribution is 2.19. The van der Waals surface area contributed by atoms with Crippen LogP contribution in [0.15, 0.2) is 24.3 Å². The molecule has 1 atom stereocenters. The Morgan fingerprint density at radius 3 is 2.35 bits per heavy atom. The molecule has 2 fully saturated rings. The first-order chi connectivity index (χ1) is 12.4. The first-order valence-electron chi connectivity index (χ1n) is 8.99. The predicted octanol–water partition coefficient (Wildman–Crippen LogP) is 0.949. The summed E-state index contributed by atoms with van der Waals surface area (Å²) < 4.78 is 0. The minimum Gasteiger partial charge on any atom is -0.352 e. The van der Waals surface area contributed by atoms with E-state index in [0.29, 0.717) is 32.2 Å². The number of nitrogens with zero attached hydrogens (tertiary/aromatic N) is 3. The number of piperazine rings is 1. The molecule has 1 aromatic rings. The van der Waals surface area contributed by atoms with Gasteiger partial charge in [0.15, 0.2) is 0 Å². The molecule has 0 spiro atoms. The van der Waals surface area contributed by atoms with E-state index in [0.717, 1.165) is 18.4 Å². The van der Waals surface area contributed by atoms with Crippen LogP contribution >= 0.6 is 0 Å². The SMILES string of the molecule is CC(C(=O)NC1CC1)N1CCN(C(=O)Cc2ccc([N+](=O)[O-])cc2)CC1. The van der Waals surface area contributed by atoms with Crippen molar-refractivity contribution in [2.75, 3.05) is 26.2 Å². The third-order valence-electron chi connectivity index (χ3n) is 5.02. The zero-order chi connectivity index (χ0) is 18.7. The molecular weight excluding hydrogens is 336 g/mol. The van der Waals surface area contributed by atoms with Gasteiger partial charge in [-0.1, -0.05) is 12.1 Å². The second-order valence-corrected chi connectivity index (χ2v) is 6.98. The fourth-order valence-electron chi connectivity index (χ4n) is 3.10. The second kappa shape index (κ2) is 7.82. The number of nitro groups is 1. The van der Waals surface area contributed by atoms with Gasteiger partial charge in [-0.15, -0.1) is 0 Å². The van der Waals surface area contributed by atoms with Crippen LogP contribution in [0.2, 0.25) is 0 Å². The van der Waals surface area contributed by atoms with Crippen LogP contribution in [-0.4, -0.2) is 64.8 Å². The Hall–Kier alpha value is -2.48. The molecule has 3 rings (SSSR count). The van der Waals surface area contributed by atoms with Crippen LogP contribution in [0.3, 0.4) is 0 Å². The van der Waals surface area contributed by atoms with Crippen molar-refractivity contribution in [3.05, 3.63) is 39.9 Å². The van der Waals surface area contributed by atoms with E-state index in [4.69, 9.17) is 0 Å². The predicted molar refractivity (Wildman–Crippen MR) is 95.6 cm³/mol. The minimum absolute atomic E-state index is 0.00795. The van der Waals surface area contributed by atoms with Gasteiger partial charge in [0, 0.05) is 44.4 Å². The molecule has 8 heteroatoms. The number of carbonyl (C=O) groups is 2. The van der Waals surface area contributed by atoms with Crippen LogP contribution in [0.5, 0.6) is 0 Å². The van der Waals surface area contributed by atoms with Gasteiger partial charge in [-0.2, -0.15) is 0 Å². The molecule has 1 unspecified atom stereocenters.